The van der Waals surface area contributed by atoms with Gasteiger partial charge in [0.1, 0.15) is 0 Å². The van der Waals surface area contributed by atoms with Gasteiger partial charge in [0.2, 0.25) is 0 Å². The largest absolute Gasteiger partial charge is 0.465 e. The third kappa shape index (κ3) is 1.39. The number of amides is 1. The van der Waals surface area contributed by atoms with E-state index in [-0.39, 0.29) is 6.04 Å². The van der Waals surface area contributed by atoms with Crippen LogP contribution in [0.5, 0.6) is 0 Å². The van der Waals surface area contributed by atoms with Gasteiger partial charge in [-0.05, 0) is 37.8 Å². The van der Waals surface area contributed by atoms with Crippen LogP contribution in [0, 0.1) is 11.8 Å². The Morgan fingerprint density at radius 3 is 2.42 bits per heavy atom. The zero-order valence-corrected chi connectivity index (χ0v) is 6.92. The molecule has 68 valence electrons. The van der Waals surface area contributed by atoms with E-state index in [9.17, 15) is 4.79 Å². The van der Waals surface area contributed by atoms with Crippen LogP contribution in [0.4, 0.5) is 4.79 Å². The fourth-order valence-corrected chi connectivity index (χ4v) is 2.46. The van der Waals surface area contributed by atoms with E-state index < -0.39 is 6.09 Å². The summed E-state index contributed by atoms with van der Waals surface area (Å²) in [5.41, 5.74) is 0. The molecule has 4 nitrogen and oxygen atoms in total. The van der Waals surface area contributed by atoms with E-state index in [1.54, 1.807) is 0 Å². The van der Waals surface area contributed by atoms with Crippen LogP contribution in [-0.2, 0) is 0 Å². The van der Waals surface area contributed by atoms with Crippen LogP contribution in [0.1, 0.15) is 12.8 Å². The van der Waals surface area contributed by atoms with Gasteiger partial charge >= 0.3 is 6.09 Å². The van der Waals surface area contributed by atoms with Gasteiger partial charge < -0.3 is 15.7 Å². The third-order valence-corrected chi connectivity index (χ3v) is 2.98. The first-order chi connectivity index (χ1) is 5.75. The molecule has 0 radical (unpaired) electrons. The molecule has 0 aromatic carbocycles. The molecule has 1 saturated carbocycles. The van der Waals surface area contributed by atoms with Crippen molar-refractivity contribution in [1.29, 1.82) is 0 Å². The first-order valence-corrected chi connectivity index (χ1v) is 4.46. The van der Waals surface area contributed by atoms with Gasteiger partial charge in [-0.25, -0.2) is 4.79 Å². The van der Waals surface area contributed by atoms with Crippen LogP contribution < -0.4 is 10.6 Å². The SMILES string of the molecule is O=C(O)N[C@H]1C[C@H]2CNC[C@H]2C1. The van der Waals surface area contributed by atoms with E-state index in [1.807, 2.05) is 0 Å². The van der Waals surface area contributed by atoms with Gasteiger partial charge in [0.25, 0.3) is 0 Å². The lowest BCUT2D eigenvalue weighted by atomic mass is 10.0. The molecule has 3 atom stereocenters. The Kier molecular flexibility index (Phi) is 1.92. The molecular formula is C8H14N2O2. The van der Waals surface area contributed by atoms with Gasteiger partial charge in [0.05, 0.1) is 0 Å². The van der Waals surface area contributed by atoms with Crippen LogP contribution >= 0.6 is 0 Å². The molecule has 0 aromatic heterocycles. The van der Waals surface area contributed by atoms with Gasteiger partial charge in [-0.15, -0.1) is 0 Å². The summed E-state index contributed by atoms with van der Waals surface area (Å²) in [5.74, 6) is 1.42. The van der Waals surface area contributed by atoms with Crippen LogP contribution in [0.3, 0.4) is 0 Å². The molecule has 12 heavy (non-hydrogen) atoms. The lowest BCUT2D eigenvalue weighted by Crippen LogP contribution is -2.32. The van der Waals surface area contributed by atoms with Crippen molar-refractivity contribution < 1.29 is 9.90 Å². The summed E-state index contributed by atoms with van der Waals surface area (Å²) in [6, 6.07) is 0.208. The highest BCUT2D eigenvalue weighted by molar-refractivity contribution is 5.64. The zero-order chi connectivity index (χ0) is 8.55. The summed E-state index contributed by atoms with van der Waals surface area (Å²) >= 11 is 0. The Morgan fingerprint density at radius 1 is 1.33 bits per heavy atom. The Bertz CT molecular complexity index is 183. The second kappa shape index (κ2) is 2.94. The molecule has 4 heteroatoms. The number of fused-ring (bicyclic) bond motifs is 1. The van der Waals surface area contributed by atoms with E-state index in [0.717, 1.165) is 25.9 Å². The lowest BCUT2D eigenvalue weighted by molar-refractivity contribution is 0.189. The Morgan fingerprint density at radius 2 is 1.92 bits per heavy atom. The molecule has 2 rings (SSSR count). The summed E-state index contributed by atoms with van der Waals surface area (Å²) in [7, 11) is 0. The van der Waals surface area contributed by atoms with E-state index in [1.165, 1.54) is 0 Å². The van der Waals surface area contributed by atoms with Crippen molar-refractivity contribution in [3.05, 3.63) is 0 Å². The molecule has 3 N–H and O–H groups in total. The quantitative estimate of drug-likeness (QED) is 0.528. The Labute approximate surface area is 71.3 Å². The van der Waals surface area contributed by atoms with Gasteiger partial charge in [-0.1, -0.05) is 0 Å². The van der Waals surface area contributed by atoms with Crippen molar-refractivity contribution in [3.63, 3.8) is 0 Å². The van der Waals surface area contributed by atoms with Crippen molar-refractivity contribution in [1.82, 2.24) is 10.6 Å². The number of hydrogen-bond donors (Lipinski definition) is 3. The molecule has 0 unspecified atom stereocenters. The first kappa shape index (κ1) is 7.86. The minimum absolute atomic E-state index is 0.208. The third-order valence-electron chi connectivity index (χ3n) is 2.98. The van der Waals surface area contributed by atoms with Gasteiger partial charge in [0, 0.05) is 6.04 Å². The maximum Gasteiger partial charge on any atom is 0.404 e. The van der Waals surface area contributed by atoms with Crippen molar-refractivity contribution in [2.45, 2.75) is 18.9 Å². The van der Waals surface area contributed by atoms with Crippen LogP contribution in [-0.4, -0.2) is 30.3 Å². The highest BCUT2D eigenvalue weighted by atomic mass is 16.4. The number of hydrogen-bond acceptors (Lipinski definition) is 2. The maximum absolute atomic E-state index is 10.3. The monoisotopic (exact) mass is 170 g/mol. The molecule has 1 amide bonds. The second-order valence-corrected chi connectivity index (χ2v) is 3.80. The van der Waals surface area contributed by atoms with Crippen LogP contribution in [0.2, 0.25) is 0 Å². The smallest absolute Gasteiger partial charge is 0.404 e. The van der Waals surface area contributed by atoms with Crippen LogP contribution in [0.15, 0.2) is 0 Å². The number of rotatable bonds is 1. The van der Waals surface area contributed by atoms with Gasteiger partial charge in [0.15, 0.2) is 0 Å². The summed E-state index contributed by atoms with van der Waals surface area (Å²) in [6.45, 7) is 2.14. The fraction of sp³-hybridized carbons (Fsp3) is 0.875. The number of carboxylic acid groups (broad SMARTS) is 1. The predicted molar refractivity (Wildman–Crippen MR) is 44.0 cm³/mol. The summed E-state index contributed by atoms with van der Waals surface area (Å²) in [6.07, 6.45) is 1.15. The molecule has 2 fully saturated rings. The lowest BCUT2D eigenvalue weighted by Gasteiger charge is -2.09. The average Bonchev–Trinajstić information content (AvgIpc) is 2.43. The van der Waals surface area contributed by atoms with E-state index in [0.29, 0.717) is 11.8 Å². The zero-order valence-electron chi connectivity index (χ0n) is 6.92. The molecule has 1 saturated heterocycles. The second-order valence-electron chi connectivity index (χ2n) is 3.80. The highest BCUT2D eigenvalue weighted by Crippen LogP contribution is 2.34. The summed E-state index contributed by atoms with van der Waals surface area (Å²) < 4.78 is 0. The summed E-state index contributed by atoms with van der Waals surface area (Å²) in [4.78, 5) is 10.3. The minimum Gasteiger partial charge on any atom is -0.465 e. The number of carbonyl (C=O) groups is 1. The fourth-order valence-electron chi connectivity index (χ4n) is 2.46. The predicted octanol–water partition coefficient (Wildman–Crippen LogP) is 0.252. The maximum atomic E-state index is 10.3. The van der Waals surface area contributed by atoms with E-state index in [4.69, 9.17) is 5.11 Å². The summed E-state index contributed by atoms with van der Waals surface area (Å²) in [5, 5.41) is 14.4. The minimum atomic E-state index is -0.882. The molecule has 1 heterocycles. The Balaban J connectivity index is 1.86. The van der Waals surface area contributed by atoms with Crippen molar-refractivity contribution in [2.75, 3.05) is 13.1 Å². The topological polar surface area (TPSA) is 61.4 Å². The van der Waals surface area contributed by atoms with Crippen molar-refractivity contribution in [2.24, 2.45) is 11.8 Å². The van der Waals surface area contributed by atoms with E-state index in [2.05, 4.69) is 10.6 Å². The molecule has 1 aliphatic heterocycles. The van der Waals surface area contributed by atoms with Crippen molar-refractivity contribution >= 4 is 6.09 Å². The number of nitrogens with one attached hydrogen (secondary N) is 2. The van der Waals surface area contributed by atoms with E-state index >= 15 is 0 Å². The molecular weight excluding hydrogens is 156 g/mol. The highest BCUT2D eigenvalue weighted by Gasteiger charge is 2.37. The normalized spacial score (nSPS) is 39.5. The van der Waals surface area contributed by atoms with Gasteiger partial charge in [-0.2, -0.15) is 0 Å². The molecule has 0 bridgehead atoms. The molecule has 0 spiro atoms. The van der Waals surface area contributed by atoms with Crippen molar-refractivity contribution in [3.8, 4) is 0 Å². The van der Waals surface area contributed by atoms with Crippen LogP contribution in [0.25, 0.3) is 0 Å². The standard InChI is InChI=1S/C8H14N2O2/c11-8(12)10-7-1-5-3-9-4-6(5)2-7/h5-7,9-10H,1-4H2,(H,11,12)/t5-,6+,7-. The molecule has 2 aliphatic rings. The first-order valence-electron chi connectivity index (χ1n) is 4.46. The average molecular weight is 170 g/mol. The molecule has 1 aliphatic carbocycles. The van der Waals surface area contributed by atoms with Gasteiger partial charge in [-0.3, -0.25) is 0 Å². The Hall–Kier alpha value is -0.770. The molecule has 0 aromatic rings.